The van der Waals surface area contributed by atoms with Gasteiger partial charge < -0.3 is 0 Å². The molecule has 0 aliphatic carbocycles. The van der Waals surface area contributed by atoms with Gasteiger partial charge in [-0.2, -0.15) is 0 Å². The highest BCUT2D eigenvalue weighted by atomic mass is 32.2. The summed E-state index contributed by atoms with van der Waals surface area (Å²) >= 11 is 3.28. The first-order chi connectivity index (χ1) is 14.0. The third-order valence-corrected chi connectivity index (χ3v) is 6.72. The summed E-state index contributed by atoms with van der Waals surface area (Å²) in [6.07, 6.45) is 0. The zero-order chi connectivity index (χ0) is 20.4. The third-order valence-electron chi connectivity index (χ3n) is 4.82. The summed E-state index contributed by atoms with van der Waals surface area (Å²) in [5.41, 5.74) is 4.06. The molecule has 29 heavy (non-hydrogen) atoms. The van der Waals surface area contributed by atoms with Gasteiger partial charge in [-0.15, -0.1) is 23.1 Å². The van der Waals surface area contributed by atoms with Gasteiger partial charge in [0, 0.05) is 23.0 Å². The van der Waals surface area contributed by atoms with Crippen molar-refractivity contribution in [3.63, 3.8) is 0 Å². The van der Waals surface area contributed by atoms with Crippen LogP contribution in [0.15, 0.2) is 70.9 Å². The van der Waals surface area contributed by atoms with E-state index in [1.54, 1.807) is 23.6 Å². The smallest absolute Gasteiger partial charge is 0.230 e. The van der Waals surface area contributed by atoms with E-state index in [2.05, 4.69) is 42.5 Å². The molecule has 0 saturated heterocycles. The fourth-order valence-electron chi connectivity index (χ4n) is 3.43. The Morgan fingerprint density at radius 2 is 1.72 bits per heavy atom. The zero-order valence-electron chi connectivity index (χ0n) is 16.7. The number of carbonyl (C=O) groups excluding carboxylic acids is 1. The summed E-state index contributed by atoms with van der Waals surface area (Å²) in [6, 6.07) is 21.0. The van der Waals surface area contributed by atoms with Gasteiger partial charge in [0.15, 0.2) is 5.13 Å². The fraction of sp³-hybridized carbons (Fsp3) is 0.167. The third kappa shape index (κ3) is 4.21. The number of carbonyl (C=O) groups is 1. The second-order valence-electron chi connectivity index (χ2n) is 7.01. The molecule has 0 unspecified atom stereocenters. The fourth-order valence-corrected chi connectivity index (χ4v) is 5.24. The lowest BCUT2D eigenvalue weighted by molar-refractivity contribution is -0.115. The molecule has 0 N–H and O–H groups in total. The van der Waals surface area contributed by atoms with Crippen LogP contribution in [0.4, 0.5) is 10.8 Å². The number of para-hydroxylation sites is 1. The van der Waals surface area contributed by atoms with Crippen molar-refractivity contribution in [2.75, 3.05) is 4.90 Å². The Morgan fingerprint density at radius 1 is 1.00 bits per heavy atom. The molecule has 4 rings (SSSR count). The predicted octanol–water partition coefficient (Wildman–Crippen LogP) is 6.89. The van der Waals surface area contributed by atoms with Crippen molar-refractivity contribution in [3.05, 3.63) is 82.9 Å². The molecule has 4 aromatic rings. The maximum atomic E-state index is 12.4. The zero-order valence-corrected chi connectivity index (χ0v) is 18.3. The summed E-state index contributed by atoms with van der Waals surface area (Å²) in [7, 11) is 0. The Kier molecular flexibility index (Phi) is 5.69. The summed E-state index contributed by atoms with van der Waals surface area (Å²) in [5, 5.41) is 5.27. The number of fused-ring (bicyclic) bond motifs is 1. The summed E-state index contributed by atoms with van der Waals surface area (Å²) in [6.45, 7) is 5.65. The molecule has 146 valence electrons. The van der Waals surface area contributed by atoms with Gasteiger partial charge in [-0.05, 0) is 47.9 Å². The van der Waals surface area contributed by atoms with Crippen LogP contribution in [0.5, 0.6) is 0 Å². The molecule has 3 aromatic carbocycles. The number of rotatable bonds is 5. The topological polar surface area (TPSA) is 33.2 Å². The average Bonchev–Trinajstić information content (AvgIpc) is 3.17. The van der Waals surface area contributed by atoms with Crippen molar-refractivity contribution < 1.29 is 4.79 Å². The molecule has 0 aliphatic rings. The lowest BCUT2D eigenvalue weighted by atomic mass is 10.1. The first-order valence-electron chi connectivity index (χ1n) is 9.46. The molecule has 0 fully saturated rings. The normalized spacial score (nSPS) is 11.0. The maximum absolute atomic E-state index is 12.4. The van der Waals surface area contributed by atoms with Crippen LogP contribution in [0.25, 0.3) is 10.8 Å². The van der Waals surface area contributed by atoms with E-state index in [-0.39, 0.29) is 5.91 Å². The lowest BCUT2D eigenvalue weighted by Gasteiger charge is -2.22. The van der Waals surface area contributed by atoms with E-state index >= 15 is 0 Å². The minimum atomic E-state index is -0.0227. The molecule has 1 aromatic heterocycles. The quantitative estimate of drug-likeness (QED) is 0.331. The van der Waals surface area contributed by atoms with Gasteiger partial charge >= 0.3 is 0 Å². The van der Waals surface area contributed by atoms with Crippen molar-refractivity contribution in [2.24, 2.45) is 0 Å². The van der Waals surface area contributed by atoms with Crippen molar-refractivity contribution in [3.8, 4) is 0 Å². The number of thioether (sulfide) groups is 1. The molecule has 0 saturated carbocycles. The Balaban J connectivity index is 1.55. The lowest BCUT2D eigenvalue weighted by Crippen LogP contribution is -2.24. The maximum Gasteiger partial charge on any atom is 0.230 e. The first kappa shape index (κ1) is 19.7. The average molecular weight is 419 g/mol. The Morgan fingerprint density at radius 3 is 2.45 bits per heavy atom. The minimum Gasteiger partial charge on any atom is -0.274 e. The minimum absolute atomic E-state index is 0.0227. The van der Waals surface area contributed by atoms with Gasteiger partial charge in [0.05, 0.1) is 11.4 Å². The Labute approximate surface area is 179 Å². The summed E-state index contributed by atoms with van der Waals surface area (Å²) in [5.74, 6) is 0.748. The largest absolute Gasteiger partial charge is 0.274 e. The number of aryl methyl sites for hydroxylation is 2. The van der Waals surface area contributed by atoms with Crippen LogP contribution in [-0.2, 0) is 10.5 Å². The molecule has 0 bridgehead atoms. The second-order valence-corrected chi connectivity index (χ2v) is 8.90. The van der Waals surface area contributed by atoms with Crippen molar-refractivity contribution in [1.82, 2.24) is 4.98 Å². The number of thiazole rings is 1. The number of benzene rings is 3. The van der Waals surface area contributed by atoms with E-state index in [1.165, 1.54) is 27.0 Å². The number of anilines is 2. The summed E-state index contributed by atoms with van der Waals surface area (Å²) < 4.78 is 0. The molecule has 0 atom stereocenters. The molecular formula is C24H22N2OS2. The van der Waals surface area contributed by atoms with Gasteiger partial charge in [-0.1, -0.05) is 48.5 Å². The van der Waals surface area contributed by atoms with Gasteiger partial charge in [0.1, 0.15) is 0 Å². The van der Waals surface area contributed by atoms with Crippen LogP contribution < -0.4 is 4.90 Å². The van der Waals surface area contributed by atoms with E-state index < -0.39 is 0 Å². The van der Waals surface area contributed by atoms with Crippen molar-refractivity contribution in [2.45, 2.75) is 31.4 Å². The second kappa shape index (κ2) is 8.39. The molecule has 1 heterocycles. The number of hydrogen-bond donors (Lipinski definition) is 0. The van der Waals surface area contributed by atoms with Gasteiger partial charge in [-0.3, -0.25) is 9.69 Å². The molecule has 3 nitrogen and oxygen atoms in total. The molecular weight excluding hydrogens is 396 g/mol. The van der Waals surface area contributed by atoms with Crippen LogP contribution in [0, 0.1) is 13.8 Å². The Hall–Kier alpha value is -2.63. The van der Waals surface area contributed by atoms with Crippen LogP contribution in [0.1, 0.15) is 23.7 Å². The molecule has 0 aliphatic heterocycles. The number of hydrogen-bond acceptors (Lipinski definition) is 4. The van der Waals surface area contributed by atoms with E-state index in [1.807, 2.05) is 37.4 Å². The molecule has 1 amide bonds. The standard InChI is InChI=1S/C24H22N2OS2/c1-16-7-6-8-17(2)23(16)26(18(3)27)24-25-21(15-29-24)14-28-22-12-11-19-9-4-5-10-20(19)13-22/h4-13,15H,14H2,1-3H3. The first-order valence-corrected chi connectivity index (χ1v) is 11.3. The van der Waals surface area contributed by atoms with E-state index in [0.29, 0.717) is 0 Å². The Bertz CT molecular complexity index is 1160. The van der Waals surface area contributed by atoms with Crippen LogP contribution in [-0.4, -0.2) is 10.9 Å². The van der Waals surface area contributed by atoms with Gasteiger partial charge in [0.2, 0.25) is 5.91 Å². The highest BCUT2D eigenvalue weighted by Crippen LogP contribution is 2.35. The number of nitrogens with zero attached hydrogens (tertiary/aromatic N) is 2. The monoisotopic (exact) mass is 418 g/mol. The van der Waals surface area contributed by atoms with E-state index in [0.717, 1.165) is 33.4 Å². The molecule has 0 radical (unpaired) electrons. The number of aromatic nitrogens is 1. The van der Waals surface area contributed by atoms with E-state index in [9.17, 15) is 4.79 Å². The van der Waals surface area contributed by atoms with Crippen LogP contribution in [0.3, 0.4) is 0 Å². The highest BCUT2D eigenvalue weighted by Gasteiger charge is 2.21. The van der Waals surface area contributed by atoms with Crippen molar-refractivity contribution in [1.29, 1.82) is 0 Å². The summed E-state index contributed by atoms with van der Waals surface area (Å²) in [4.78, 5) is 20.2. The predicted molar refractivity (Wildman–Crippen MR) is 124 cm³/mol. The highest BCUT2D eigenvalue weighted by molar-refractivity contribution is 7.98. The molecule has 0 spiro atoms. The van der Waals surface area contributed by atoms with Crippen LogP contribution >= 0.6 is 23.1 Å². The van der Waals surface area contributed by atoms with Crippen LogP contribution in [0.2, 0.25) is 0 Å². The number of amides is 1. The van der Waals surface area contributed by atoms with E-state index in [4.69, 9.17) is 4.98 Å². The SMILES string of the molecule is CC(=O)N(c1nc(CSc2ccc3ccccc3c2)cs1)c1c(C)cccc1C. The van der Waals surface area contributed by atoms with Gasteiger partial charge in [-0.25, -0.2) is 4.98 Å². The molecule has 5 heteroatoms. The van der Waals surface area contributed by atoms with Crippen molar-refractivity contribution >= 4 is 50.6 Å². The van der Waals surface area contributed by atoms with Gasteiger partial charge in [0.25, 0.3) is 0 Å².